The van der Waals surface area contributed by atoms with E-state index in [1.165, 1.54) is 0 Å². The van der Waals surface area contributed by atoms with E-state index >= 15 is 0 Å². The summed E-state index contributed by atoms with van der Waals surface area (Å²) >= 11 is 3.35. The first kappa shape index (κ1) is 21.9. The summed E-state index contributed by atoms with van der Waals surface area (Å²) < 4.78 is 23.0. The number of benzene rings is 1. The molecule has 1 aliphatic rings. The molecule has 1 saturated heterocycles. The largest absolute Gasteiger partial charge is 0.493 e. The van der Waals surface area contributed by atoms with Gasteiger partial charge in [-0.1, -0.05) is 0 Å². The predicted molar refractivity (Wildman–Crippen MR) is 121 cm³/mol. The predicted octanol–water partition coefficient (Wildman–Crippen LogP) is 3.55. The third-order valence-corrected chi connectivity index (χ3v) is 5.66. The second-order valence-electron chi connectivity index (χ2n) is 7.18. The van der Waals surface area contributed by atoms with Gasteiger partial charge in [0.1, 0.15) is 11.8 Å². The third-order valence-electron chi connectivity index (χ3n) is 5.19. The number of nitrogens with zero attached hydrogens (tertiary/aromatic N) is 3. The molecule has 3 aromatic rings. The highest BCUT2D eigenvalue weighted by Crippen LogP contribution is 2.40. The van der Waals surface area contributed by atoms with Gasteiger partial charge < -0.3 is 23.8 Å². The van der Waals surface area contributed by atoms with Crippen LogP contribution in [0.1, 0.15) is 16.9 Å². The minimum Gasteiger partial charge on any atom is -0.493 e. The summed E-state index contributed by atoms with van der Waals surface area (Å²) in [6, 6.07) is 8.96. The fourth-order valence-electron chi connectivity index (χ4n) is 3.59. The van der Waals surface area contributed by atoms with Crippen molar-refractivity contribution in [1.82, 2.24) is 20.1 Å². The molecule has 4 rings (SSSR count). The number of hydrogen-bond acceptors (Lipinski definition) is 7. The van der Waals surface area contributed by atoms with Crippen LogP contribution in [0.3, 0.4) is 0 Å². The summed E-state index contributed by atoms with van der Waals surface area (Å²) in [6.07, 6.45) is 2.31. The van der Waals surface area contributed by atoms with Gasteiger partial charge in [-0.15, -0.1) is 0 Å². The maximum absolute atomic E-state index is 13.0. The Bertz CT molecular complexity index is 1080. The van der Waals surface area contributed by atoms with Gasteiger partial charge in [-0.05, 0) is 40.2 Å². The molecule has 1 aromatic carbocycles. The Hall–Kier alpha value is -3.27. The molecule has 0 bridgehead atoms. The molecule has 9 nitrogen and oxygen atoms in total. The minimum absolute atomic E-state index is 0.106. The average Bonchev–Trinajstić information content (AvgIpc) is 3.49. The van der Waals surface area contributed by atoms with E-state index < -0.39 is 0 Å². The smallest absolute Gasteiger partial charge is 0.272 e. The molecule has 0 aliphatic carbocycles. The number of ether oxygens (including phenoxy) is 4. The Morgan fingerprint density at radius 2 is 1.88 bits per heavy atom. The topological polar surface area (TPSA) is 98.8 Å². The summed E-state index contributed by atoms with van der Waals surface area (Å²) in [4.78, 5) is 19.0. The van der Waals surface area contributed by atoms with Gasteiger partial charge in [0.2, 0.25) is 11.6 Å². The van der Waals surface area contributed by atoms with Crippen molar-refractivity contribution in [1.29, 1.82) is 0 Å². The molecule has 1 amide bonds. The zero-order valence-corrected chi connectivity index (χ0v) is 19.5. The number of H-pyrrole nitrogens is 1. The van der Waals surface area contributed by atoms with Crippen LogP contribution in [0.5, 0.6) is 23.1 Å². The lowest BCUT2D eigenvalue weighted by Gasteiger charge is -2.16. The van der Waals surface area contributed by atoms with Gasteiger partial charge >= 0.3 is 0 Å². The van der Waals surface area contributed by atoms with Crippen LogP contribution in [0.2, 0.25) is 0 Å². The molecule has 1 atom stereocenters. The van der Waals surface area contributed by atoms with Crippen molar-refractivity contribution >= 4 is 21.8 Å². The normalized spacial score (nSPS) is 15.5. The molecular weight excluding hydrogens is 480 g/mol. The van der Waals surface area contributed by atoms with Crippen molar-refractivity contribution in [2.75, 3.05) is 34.4 Å². The Kier molecular flexibility index (Phi) is 6.50. The van der Waals surface area contributed by atoms with Crippen molar-refractivity contribution in [3.05, 3.63) is 46.7 Å². The van der Waals surface area contributed by atoms with Crippen LogP contribution in [0.25, 0.3) is 11.3 Å². The number of rotatable bonds is 7. The molecule has 2 aromatic heterocycles. The van der Waals surface area contributed by atoms with Crippen molar-refractivity contribution in [2.24, 2.45) is 0 Å². The Labute approximate surface area is 193 Å². The van der Waals surface area contributed by atoms with E-state index in [1.54, 1.807) is 56.7 Å². The number of likely N-dealkylation sites (tertiary alicyclic amines) is 1. The molecule has 3 heterocycles. The quantitative estimate of drug-likeness (QED) is 0.527. The van der Waals surface area contributed by atoms with E-state index in [9.17, 15) is 4.79 Å². The fourth-order valence-corrected chi connectivity index (χ4v) is 3.82. The number of carbonyl (C=O) groups is 1. The molecule has 1 unspecified atom stereocenters. The number of aromatic amines is 1. The Morgan fingerprint density at radius 3 is 2.50 bits per heavy atom. The molecule has 168 valence electrons. The highest BCUT2D eigenvalue weighted by Gasteiger charge is 2.29. The summed E-state index contributed by atoms with van der Waals surface area (Å²) in [5.41, 5.74) is 1.73. The van der Waals surface area contributed by atoms with E-state index in [4.69, 9.17) is 18.9 Å². The van der Waals surface area contributed by atoms with Crippen molar-refractivity contribution in [2.45, 2.75) is 12.5 Å². The van der Waals surface area contributed by atoms with Crippen LogP contribution in [-0.4, -0.2) is 66.5 Å². The summed E-state index contributed by atoms with van der Waals surface area (Å²) in [5.74, 6) is 1.93. The van der Waals surface area contributed by atoms with Crippen LogP contribution >= 0.6 is 15.9 Å². The van der Waals surface area contributed by atoms with E-state index in [1.807, 2.05) is 6.07 Å². The van der Waals surface area contributed by atoms with Gasteiger partial charge in [0.25, 0.3) is 5.91 Å². The van der Waals surface area contributed by atoms with Gasteiger partial charge in [-0.2, -0.15) is 5.10 Å². The van der Waals surface area contributed by atoms with Crippen LogP contribution in [-0.2, 0) is 0 Å². The first-order valence-electron chi connectivity index (χ1n) is 9.95. The number of methoxy groups -OCH3 is 3. The van der Waals surface area contributed by atoms with Gasteiger partial charge in [0.05, 0.1) is 33.6 Å². The lowest BCUT2D eigenvalue weighted by atomic mass is 10.1. The van der Waals surface area contributed by atoms with E-state index in [-0.39, 0.29) is 12.0 Å². The number of halogens is 1. The van der Waals surface area contributed by atoms with Crippen LogP contribution in [0.4, 0.5) is 0 Å². The molecule has 1 aliphatic heterocycles. The number of aromatic nitrogens is 3. The molecule has 0 spiro atoms. The van der Waals surface area contributed by atoms with Crippen molar-refractivity contribution in [3.63, 3.8) is 0 Å². The maximum atomic E-state index is 13.0. The monoisotopic (exact) mass is 502 g/mol. The average molecular weight is 503 g/mol. The van der Waals surface area contributed by atoms with Crippen LogP contribution < -0.4 is 18.9 Å². The minimum atomic E-state index is -0.133. The summed E-state index contributed by atoms with van der Waals surface area (Å²) in [5, 5.41) is 7.15. The van der Waals surface area contributed by atoms with E-state index in [0.717, 1.165) is 16.5 Å². The van der Waals surface area contributed by atoms with Gasteiger partial charge in [0.15, 0.2) is 11.5 Å². The summed E-state index contributed by atoms with van der Waals surface area (Å²) in [7, 11) is 4.65. The Balaban J connectivity index is 1.47. The van der Waals surface area contributed by atoms with Crippen LogP contribution in [0, 0.1) is 0 Å². The first-order valence-corrected chi connectivity index (χ1v) is 10.7. The van der Waals surface area contributed by atoms with Gasteiger partial charge in [-0.3, -0.25) is 9.89 Å². The second kappa shape index (κ2) is 9.47. The maximum Gasteiger partial charge on any atom is 0.272 e. The fraction of sp³-hybridized carbons (Fsp3) is 0.318. The zero-order valence-electron chi connectivity index (χ0n) is 17.9. The molecule has 1 N–H and O–H groups in total. The van der Waals surface area contributed by atoms with Crippen LogP contribution in [0.15, 0.2) is 41.0 Å². The lowest BCUT2D eigenvalue weighted by Crippen LogP contribution is -2.31. The molecule has 10 heteroatoms. The zero-order chi connectivity index (χ0) is 22.7. The number of hydrogen-bond donors (Lipinski definition) is 1. The number of pyridine rings is 1. The third kappa shape index (κ3) is 4.50. The van der Waals surface area contributed by atoms with E-state index in [2.05, 4.69) is 31.1 Å². The number of amides is 1. The Morgan fingerprint density at radius 1 is 1.12 bits per heavy atom. The van der Waals surface area contributed by atoms with Gasteiger partial charge in [-0.25, -0.2) is 4.98 Å². The molecule has 0 saturated carbocycles. The molecule has 1 fully saturated rings. The SMILES string of the molecule is COc1cc(-c2cc(C(=O)N3CCC(Oc4ccc(Br)cn4)C3)[nH]n2)cc(OC)c1OC. The second-order valence-corrected chi connectivity index (χ2v) is 8.09. The van der Waals surface area contributed by atoms with Crippen molar-refractivity contribution in [3.8, 4) is 34.4 Å². The first-order chi connectivity index (χ1) is 15.5. The summed E-state index contributed by atoms with van der Waals surface area (Å²) in [6.45, 7) is 1.08. The molecule has 0 radical (unpaired) electrons. The number of carbonyl (C=O) groups excluding carboxylic acids is 1. The highest BCUT2D eigenvalue weighted by atomic mass is 79.9. The molecule has 32 heavy (non-hydrogen) atoms. The van der Waals surface area contributed by atoms with Gasteiger partial charge in [0, 0.05) is 35.3 Å². The van der Waals surface area contributed by atoms with Crippen molar-refractivity contribution < 1.29 is 23.7 Å². The molecular formula is C22H23BrN4O5. The van der Waals surface area contributed by atoms with E-state index in [0.29, 0.717) is 47.6 Å². The standard InChI is InChI=1S/C22H23BrN4O5/c1-29-18-8-13(9-19(30-2)21(18)31-3)16-10-17(26-25-16)22(28)27-7-6-15(12-27)32-20-5-4-14(23)11-24-20/h4-5,8-11,15H,6-7,12H2,1-3H3,(H,25,26). The highest BCUT2D eigenvalue weighted by molar-refractivity contribution is 9.10. The number of nitrogens with one attached hydrogen (secondary N) is 1. The lowest BCUT2D eigenvalue weighted by molar-refractivity contribution is 0.0765.